The van der Waals surface area contributed by atoms with E-state index >= 15 is 0 Å². The van der Waals surface area contributed by atoms with Gasteiger partial charge in [-0.2, -0.15) is 0 Å². The number of aryl methyl sites for hydroxylation is 1. The molecule has 2 aromatic carbocycles. The fourth-order valence-electron chi connectivity index (χ4n) is 3.67. The fourth-order valence-corrected chi connectivity index (χ4v) is 3.67. The second-order valence-electron chi connectivity index (χ2n) is 7.31. The number of carbonyl (C=O) groups excluding carboxylic acids is 1. The van der Waals surface area contributed by atoms with Crippen LogP contribution in [0.2, 0.25) is 0 Å². The molecule has 0 unspecified atom stereocenters. The number of hydrogen-bond acceptors (Lipinski definition) is 2. The Morgan fingerprint density at radius 3 is 2.41 bits per heavy atom. The molecule has 4 heteroatoms. The van der Waals surface area contributed by atoms with Gasteiger partial charge in [0.05, 0.1) is 11.7 Å². The molecule has 1 heterocycles. The predicted octanol–water partition coefficient (Wildman–Crippen LogP) is 4.66. The monoisotopic (exact) mass is 359 g/mol. The SMILES string of the molecule is Cc1ccc(N2C(=O)C(=Cc3ccccc3)NC2=NC2CCCCC2)cc1. The first-order valence-corrected chi connectivity index (χ1v) is 9.73. The van der Waals surface area contributed by atoms with Gasteiger partial charge in [0.25, 0.3) is 5.91 Å². The third-order valence-electron chi connectivity index (χ3n) is 5.17. The van der Waals surface area contributed by atoms with Crippen molar-refractivity contribution in [3.8, 4) is 0 Å². The molecule has 0 bridgehead atoms. The largest absolute Gasteiger partial charge is 0.321 e. The summed E-state index contributed by atoms with van der Waals surface area (Å²) < 4.78 is 0. The number of nitrogens with one attached hydrogen (secondary N) is 1. The average Bonchev–Trinajstić information content (AvgIpc) is 2.99. The minimum atomic E-state index is -0.0581. The highest BCUT2D eigenvalue weighted by Crippen LogP contribution is 2.26. The van der Waals surface area contributed by atoms with Gasteiger partial charge in [-0.3, -0.25) is 4.79 Å². The molecule has 1 aliphatic heterocycles. The Bertz CT molecular complexity index is 862. The van der Waals surface area contributed by atoms with E-state index in [1.165, 1.54) is 24.8 Å². The normalized spacial score (nSPS) is 21.1. The van der Waals surface area contributed by atoms with E-state index in [0.29, 0.717) is 11.7 Å². The molecular weight excluding hydrogens is 334 g/mol. The molecule has 1 amide bonds. The van der Waals surface area contributed by atoms with Crippen molar-refractivity contribution in [2.45, 2.75) is 45.1 Å². The van der Waals surface area contributed by atoms with Gasteiger partial charge in [-0.1, -0.05) is 67.3 Å². The van der Waals surface area contributed by atoms with Gasteiger partial charge in [0, 0.05) is 0 Å². The van der Waals surface area contributed by atoms with E-state index in [2.05, 4.69) is 5.32 Å². The van der Waals surface area contributed by atoms with Crippen molar-refractivity contribution in [2.24, 2.45) is 4.99 Å². The molecule has 1 aliphatic carbocycles. The smallest absolute Gasteiger partial charge is 0.281 e. The van der Waals surface area contributed by atoms with E-state index in [4.69, 9.17) is 4.99 Å². The summed E-state index contributed by atoms with van der Waals surface area (Å²) in [7, 11) is 0. The van der Waals surface area contributed by atoms with Gasteiger partial charge in [0.1, 0.15) is 5.70 Å². The molecule has 2 aromatic rings. The Balaban J connectivity index is 1.70. The van der Waals surface area contributed by atoms with E-state index in [-0.39, 0.29) is 11.9 Å². The number of amides is 1. The molecule has 138 valence electrons. The topological polar surface area (TPSA) is 44.7 Å². The van der Waals surface area contributed by atoms with Crippen LogP contribution in [0.15, 0.2) is 65.3 Å². The predicted molar refractivity (Wildman–Crippen MR) is 111 cm³/mol. The van der Waals surface area contributed by atoms with Gasteiger partial charge in [-0.15, -0.1) is 0 Å². The highest BCUT2D eigenvalue weighted by molar-refractivity contribution is 6.29. The lowest BCUT2D eigenvalue weighted by atomic mass is 9.96. The van der Waals surface area contributed by atoms with Crippen LogP contribution in [0.5, 0.6) is 0 Å². The van der Waals surface area contributed by atoms with Crippen LogP contribution in [0.4, 0.5) is 5.69 Å². The van der Waals surface area contributed by atoms with Crippen molar-refractivity contribution < 1.29 is 4.79 Å². The second kappa shape index (κ2) is 7.78. The van der Waals surface area contributed by atoms with Crippen LogP contribution in [-0.4, -0.2) is 17.9 Å². The van der Waals surface area contributed by atoms with Gasteiger partial charge in [0.2, 0.25) is 5.96 Å². The van der Waals surface area contributed by atoms with Crippen molar-refractivity contribution >= 4 is 23.6 Å². The molecule has 4 nitrogen and oxygen atoms in total. The van der Waals surface area contributed by atoms with E-state index in [1.807, 2.05) is 67.6 Å². The first-order chi connectivity index (χ1) is 13.2. The van der Waals surface area contributed by atoms with E-state index in [9.17, 15) is 4.79 Å². The Morgan fingerprint density at radius 2 is 1.70 bits per heavy atom. The van der Waals surface area contributed by atoms with Crippen LogP contribution in [0.1, 0.15) is 43.2 Å². The van der Waals surface area contributed by atoms with Crippen LogP contribution in [-0.2, 0) is 4.79 Å². The number of benzene rings is 2. The molecule has 4 rings (SSSR count). The molecule has 1 saturated heterocycles. The van der Waals surface area contributed by atoms with E-state index in [0.717, 1.165) is 24.1 Å². The lowest BCUT2D eigenvalue weighted by Crippen LogP contribution is -2.34. The summed E-state index contributed by atoms with van der Waals surface area (Å²) >= 11 is 0. The van der Waals surface area contributed by atoms with Crippen molar-refractivity contribution in [1.82, 2.24) is 5.32 Å². The van der Waals surface area contributed by atoms with Crippen LogP contribution in [0.25, 0.3) is 6.08 Å². The standard InChI is InChI=1S/C23H25N3O/c1-17-12-14-20(15-13-17)26-22(27)21(16-18-8-4-2-5-9-18)25-23(26)24-19-10-6-3-7-11-19/h2,4-5,8-9,12-16,19H,3,6-7,10-11H2,1H3,(H,24,25). The summed E-state index contributed by atoms with van der Waals surface area (Å²) in [5, 5.41) is 3.29. The molecule has 0 atom stereocenters. The zero-order valence-electron chi connectivity index (χ0n) is 15.7. The number of nitrogens with zero attached hydrogens (tertiary/aromatic N) is 2. The minimum Gasteiger partial charge on any atom is -0.321 e. The lowest BCUT2D eigenvalue weighted by Gasteiger charge is -2.21. The molecule has 27 heavy (non-hydrogen) atoms. The van der Waals surface area contributed by atoms with E-state index in [1.54, 1.807) is 4.90 Å². The Hall–Kier alpha value is -2.88. The molecule has 1 saturated carbocycles. The van der Waals surface area contributed by atoms with Gasteiger partial charge in [-0.05, 0) is 43.5 Å². The van der Waals surface area contributed by atoms with Crippen LogP contribution in [0.3, 0.4) is 0 Å². The number of rotatable bonds is 3. The van der Waals surface area contributed by atoms with Crippen molar-refractivity contribution in [3.63, 3.8) is 0 Å². The maximum absolute atomic E-state index is 13.2. The third-order valence-corrected chi connectivity index (χ3v) is 5.17. The number of guanidine groups is 1. The zero-order chi connectivity index (χ0) is 18.6. The maximum atomic E-state index is 13.2. The average molecular weight is 359 g/mol. The number of anilines is 1. The van der Waals surface area contributed by atoms with Crippen molar-refractivity contribution in [1.29, 1.82) is 0 Å². The Kier molecular flexibility index (Phi) is 5.05. The van der Waals surface area contributed by atoms with Crippen LogP contribution >= 0.6 is 0 Å². The zero-order valence-corrected chi connectivity index (χ0v) is 15.7. The quantitative estimate of drug-likeness (QED) is 0.810. The number of carbonyl (C=O) groups is 1. The Labute approximate surface area is 160 Å². The Morgan fingerprint density at radius 1 is 1.00 bits per heavy atom. The maximum Gasteiger partial charge on any atom is 0.281 e. The summed E-state index contributed by atoms with van der Waals surface area (Å²) in [6.07, 6.45) is 7.80. The number of aliphatic imine (C=N–C) groups is 1. The first kappa shape index (κ1) is 17.5. The van der Waals surface area contributed by atoms with Crippen molar-refractivity contribution in [2.75, 3.05) is 4.90 Å². The van der Waals surface area contributed by atoms with Gasteiger partial charge < -0.3 is 5.32 Å². The summed E-state index contributed by atoms with van der Waals surface area (Å²) in [6.45, 7) is 2.05. The third kappa shape index (κ3) is 3.95. The summed E-state index contributed by atoms with van der Waals surface area (Å²) in [5.41, 5.74) is 3.58. The molecule has 1 N–H and O–H groups in total. The van der Waals surface area contributed by atoms with Gasteiger partial charge in [-0.25, -0.2) is 9.89 Å². The van der Waals surface area contributed by atoms with Gasteiger partial charge in [0.15, 0.2) is 0 Å². The van der Waals surface area contributed by atoms with Crippen LogP contribution < -0.4 is 10.2 Å². The number of hydrogen-bond donors (Lipinski definition) is 1. The molecule has 0 radical (unpaired) electrons. The minimum absolute atomic E-state index is 0.0581. The molecule has 2 aliphatic rings. The summed E-state index contributed by atoms with van der Waals surface area (Å²) in [6, 6.07) is 18.2. The summed E-state index contributed by atoms with van der Waals surface area (Å²) in [5.74, 6) is 0.593. The summed E-state index contributed by atoms with van der Waals surface area (Å²) in [4.78, 5) is 19.8. The second-order valence-corrected chi connectivity index (χ2v) is 7.31. The highest BCUT2D eigenvalue weighted by atomic mass is 16.2. The highest BCUT2D eigenvalue weighted by Gasteiger charge is 2.34. The first-order valence-electron chi connectivity index (χ1n) is 9.73. The molecular formula is C23H25N3O. The van der Waals surface area contributed by atoms with Crippen molar-refractivity contribution in [3.05, 3.63) is 71.4 Å². The molecule has 0 aromatic heterocycles. The fraction of sp³-hybridized carbons (Fsp3) is 0.304. The lowest BCUT2D eigenvalue weighted by molar-refractivity contribution is -0.113. The van der Waals surface area contributed by atoms with Gasteiger partial charge >= 0.3 is 0 Å². The molecule has 2 fully saturated rings. The van der Waals surface area contributed by atoms with E-state index < -0.39 is 0 Å². The van der Waals surface area contributed by atoms with Crippen LogP contribution in [0, 0.1) is 6.92 Å². The molecule has 0 spiro atoms.